The summed E-state index contributed by atoms with van der Waals surface area (Å²) < 4.78 is 11.3. The monoisotopic (exact) mass is 290 g/mol. The first-order valence-corrected chi connectivity index (χ1v) is 8.10. The van der Waals surface area contributed by atoms with Crippen LogP contribution in [0.2, 0.25) is 0 Å². The van der Waals surface area contributed by atoms with Crippen LogP contribution in [0.25, 0.3) is 0 Å². The fourth-order valence-electron chi connectivity index (χ4n) is 3.19. The van der Waals surface area contributed by atoms with Gasteiger partial charge in [-0.05, 0) is 37.4 Å². The normalized spacial score (nSPS) is 22.2. The highest BCUT2D eigenvalue weighted by molar-refractivity contribution is 5.57. The third-order valence-electron chi connectivity index (χ3n) is 4.13. The molecule has 1 saturated heterocycles. The van der Waals surface area contributed by atoms with E-state index in [9.17, 15) is 0 Å². The lowest BCUT2D eigenvalue weighted by Gasteiger charge is -2.28. The molecule has 0 aromatic heterocycles. The minimum absolute atomic E-state index is 0.570. The summed E-state index contributed by atoms with van der Waals surface area (Å²) in [5, 5.41) is 3.68. The zero-order valence-corrected chi connectivity index (χ0v) is 13.1. The molecular formula is C17H26N2O2. The molecule has 0 spiro atoms. The smallest absolute Gasteiger partial charge is 0.163 e. The van der Waals surface area contributed by atoms with Crippen molar-refractivity contribution in [2.75, 3.05) is 37.7 Å². The molecule has 2 aliphatic heterocycles. The lowest BCUT2D eigenvalue weighted by molar-refractivity contribution is 0.171. The van der Waals surface area contributed by atoms with Crippen LogP contribution >= 0.6 is 0 Å². The van der Waals surface area contributed by atoms with Gasteiger partial charge in [-0.15, -0.1) is 0 Å². The van der Waals surface area contributed by atoms with E-state index in [0.29, 0.717) is 19.3 Å². The molecule has 1 aromatic carbocycles. The van der Waals surface area contributed by atoms with Crippen molar-refractivity contribution in [3.05, 3.63) is 18.2 Å². The van der Waals surface area contributed by atoms with Gasteiger partial charge in [0.25, 0.3) is 0 Å². The number of hydrogen-bond donors (Lipinski definition) is 1. The highest BCUT2D eigenvalue weighted by atomic mass is 16.6. The van der Waals surface area contributed by atoms with Crippen molar-refractivity contribution in [3.8, 4) is 11.5 Å². The van der Waals surface area contributed by atoms with Crippen LogP contribution in [0.5, 0.6) is 11.5 Å². The van der Waals surface area contributed by atoms with Gasteiger partial charge < -0.3 is 19.7 Å². The Hall–Kier alpha value is -1.42. The molecule has 1 fully saturated rings. The molecule has 0 bridgehead atoms. The van der Waals surface area contributed by atoms with E-state index in [1.807, 2.05) is 6.07 Å². The molecule has 0 radical (unpaired) electrons. The Bertz CT molecular complexity index is 476. The molecular weight excluding hydrogens is 264 g/mol. The molecule has 116 valence electrons. The summed E-state index contributed by atoms with van der Waals surface area (Å²) in [5.74, 6) is 2.48. The van der Waals surface area contributed by atoms with E-state index in [2.05, 4.69) is 36.2 Å². The van der Waals surface area contributed by atoms with E-state index < -0.39 is 0 Å². The molecule has 2 heterocycles. The van der Waals surface area contributed by atoms with Crippen LogP contribution in [-0.4, -0.2) is 38.9 Å². The van der Waals surface area contributed by atoms with Crippen LogP contribution in [0.15, 0.2) is 18.2 Å². The molecule has 0 saturated carbocycles. The van der Waals surface area contributed by atoms with Crippen molar-refractivity contribution in [3.63, 3.8) is 0 Å². The number of nitrogens with zero attached hydrogens (tertiary/aromatic N) is 1. The lowest BCUT2D eigenvalue weighted by Crippen LogP contribution is -2.38. The van der Waals surface area contributed by atoms with Crippen LogP contribution < -0.4 is 19.7 Å². The Kier molecular flexibility index (Phi) is 4.54. The third-order valence-corrected chi connectivity index (χ3v) is 4.13. The molecule has 1 unspecified atom stereocenters. The van der Waals surface area contributed by atoms with Gasteiger partial charge in [-0.2, -0.15) is 0 Å². The van der Waals surface area contributed by atoms with Gasteiger partial charge in [0.2, 0.25) is 0 Å². The molecule has 1 atom stereocenters. The van der Waals surface area contributed by atoms with Gasteiger partial charge in [0.1, 0.15) is 13.2 Å². The summed E-state index contributed by atoms with van der Waals surface area (Å²) in [7, 11) is 0. The molecule has 1 aromatic rings. The van der Waals surface area contributed by atoms with Crippen molar-refractivity contribution in [1.82, 2.24) is 5.32 Å². The maximum absolute atomic E-state index is 5.71. The first-order chi connectivity index (χ1) is 10.2. The second-order valence-corrected chi connectivity index (χ2v) is 6.41. The van der Waals surface area contributed by atoms with E-state index in [1.54, 1.807) is 0 Å². The van der Waals surface area contributed by atoms with Gasteiger partial charge in [0.15, 0.2) is 11.5 Å². The fourth-order valence-corrected chi connectivity index (χ4v) is 3.19. The zero-order chi connectivity index (χ0) is 14.7. The number of rotatable bonds is 3. The SMILES string of the molecule is CC(C)CC1CN(c2ccc3c(c2)OCCO3)CCCN1. The quantitative estimate of drug-likeness (QED) is 0.928. The second kappa shape index (κ2) is 6.56. The van der Waals surface area contributed by atoms with Gasteiger partial charge >= 0.3 is 0 Å². The lowest BCUT2D eigenvalue weighted by atomic mass is 10.0. The standard InChI is InChI=1S/C17H26N2O2/c1-13(2)10-14-12-19(7-3-6-18-14)15-4-5-16-17(11-15)21-9-8-20-16/h4-5,11,13-14,18H,3,6-10,12H2,1-2H3. The van der Waals surface area contributed by atoms with Gasteiger partial charge in [-0.1, -0.05) is 13.8 Å². The summed E-state index contributed by atoms with van der Waals surface area (Å²) in [6, 6.07) is 6.90. The Balaban J connectivity index is 1.74. The van der Waals surface area contributed by atoms with E-state index in [-0.39, 0.29) is 0 Å². The minimum atomic E-state index is 0.570. The summed E-state index contributed by atoms with van der Waals surface area (Å²) >= 11 is 0. The van der Waals surface area contributed by atoms with Gasteiger partial charge in [0.05, 0.1) is 0 Å². The maximum Gasteiger partial charge on any atom is 0.163 e. The Morgan fingerprint density at radius 3 is 2.86 bits per heavy atom. The second-order valence-electron chi connectivity index (χ2n) is 6.41. The van der Waals surface area contributed by atoms with E-state index in [4.69, 9.17) is 9.47 Å². The van der Waals surface area contributed by atoms with Gasteiger partial charge in [-0.25, -0.2) is 0 Å². The molecule has 0 aliphatic carbocycles. The minimum Gasteiger partial charge on any atom is -0.486 e. The largest absolute Gasteiger partial charge is 0.486 e. The van der Waals surface area contributed by atoms with Crippen molar-refractivity contribution in [1.29, 1.82) is 0 Å². The van der Waals surface area contributed by atoms with E-state index in [0.717, 1.165) is 37.1 Å². The molecule has 1 N–H and O–H groups in total. The van der Waals surface area contributed by atoms with Crippen molar-refractivity contribution in [2.24, 2.45) is 5.92 Å². The number of benzene rings is 1. The number of hydrogen-bond acceptors (Lipinski definition) is 4. The van der Waals surface area contributed by atoms with Gasteiger partial charge in [0, 0.05) is 30.9 Å². The van der Waals surface area contributed by atoms with Crippen LogP contribution in [0.1, 0.15) is 26.7 Å². The van der Waals surface area contributed by atoms with Crippen molar-refractivity contribution in [2.45, 2.75) is 32.7 Å². The predicted octanol–water partition coefficient (Wildman–Crippen LogP) is 2.67. The predicted molar refractivity (Wildman–Crippen MR) is 85.5 cm³/mol. The highest BCUT2D eigenvalue weighted by Crippen LogP contribution is 2.34. The average Bonchev–Trinajstić information content (AvgIpc) is 2.71. The molecule has 21 heavy (non-hydrogen) atoms. The van der Waals surface area contributed by atoms with E-state index in [1.165, 1.54) is 18.5 Å². The van der Waals surface area contributed by atoms with Crippen LogP contribution in [0.4, 0.5) is 5.69 Å². The number of nitrogens with one attached hydrogen (secondary N) is 1. The molecule has 4 heteroatoms. The first-order valence-electron chi connectivity index (χ1n) is 8.10. The maximum atomic E-state index is 5.71. The third kappa shape index (κ3) is 3.62. The van der Waals surface area contributed by atoms with E-state index >= 15 is 0 Å². The Labute approximate surface area is 127 Å². The van der Waals surface area contributed by atoms with Crippen LogP contribution in [-0.2, 0) is 0 Å². The Morgan fingerprint density at radius 1 is 1.24 bits per heavy atom. The highest BCUT2D eigenvalue weighted by Gasteiger charge is 2.20. The summed E-state index contributed by atoms with van der Waals surface area (Å²) in [6.45, 7) is 9.16. The summed E-state index contributed by atoms with van der Waals surface area (Å²) in [4.78, 5) is 2.48. The first kappa shape index (κ1) is 14.5. The average molecular weight is 290 g/mol. The van der Waals surface area contributed by atoms with Crippen molar-refractivity contribution < 1.29 is 9.47 Å². The number of fused-ring (bicyclic) bond motifs is 1. The summed E-state index contributed by atoms with van der Waals surface area (Å²) in [6.07, 6.45) is 2.41. The topological polar surface area (TPSA) is 33.7 Å². The molecule has 0 amide bonds. The van der Waals surface area contributed by atoms with Gasteiger partial charge in [-0.3, -0.25) is 0 Å². The summed E-state index contributed by atoms with van der Waals surface area (Å²) in [5.41, 5.74) is 1.25. The molecule has 2 aliphatic rings. The fraction of sp³-hybridized carbons (Fsp3) is 0.647. The Morgan fingerprint density at radius 2 is 2.05 bits per heavy atom. The molecule has 4 nitrogen and oxygen atoms in total. The molecule has 3 rings (SSSR count). The van der Waals surface area contributed by atoms with Crippen LogP contribution in [0, 0.1) is 5.92 Å². The van der Waals surface area contributed by atoms with Crippen molar-refractivity contribution >= 4 is 5.69 Å². The number of anilines is 1. The number of ether oxygens (including phenoxy) is 2. The van der Waals surface area contributed by atoms with Crippen LogP contribution in [0.3, 0.4) is 0 Å². The zero-order valence-electron chi connectivity index (χ0n) is 13.1.